The Balaban J connectivity index is 1.61. The maximum atomic E-state index is 12.8. The van der Waals surface area contributed by atoms with Crippen LogP contribution in [-0.4, -0.2) is 16.7 Å². The summed E-state index contributed by atoms with van der Waals surface area (Å²) in [5.41, 5.74) is 6.30. The largest absolute Gasteiger partial charge is 0.505 e. The van der Waals surface area contributed by atoms with Crippen LogP contribution in [0.2, 0.25) is 0 Å². The highest BCUT2D eigenvalue weighted by Gasteiger charge is 2.28. The van der Waals surface area contributed by atoms with Gasteiger partial charge in [-0.1, -0.05) is 48.0 Å². The number of carbonyl (C=O) groups excluding carboxylic acids is 1. The fourth-order valence-electron chi connectivity index (χ4n) is 3.09. The van der Waals surface area contributed by atoms with Gasteiger partial charge in [0, 0.05) is 17.3 Å². The van der Waals surface area contributed by atoms with E-state index in [1.807, 2.05) is 68.4 Å². The third-order valence-corrected chi connectivity index (χ3v) is 4.62. The topological polar surface area (TPSA) is 64.9 Å². The summed E-state index contributed by atoms with van der Waals surface area (Å²) in [6.45, 7) is 3.84. The zero-order valence-corrected chi connectivity index (χ0v) is 15.1. The highest BCUT2D eigenvalue weighted by Crippen LogP contribution is 2.32. The number of rotatable bonds is 3. The molecular weight excluding hydrogens is 338 g/mol. The van der Waals surface area contributed by atoms with Gasteiger partial charge < -0.3 is 5.11 Å². The lowest BCUT2D eigenvalue weighted by atomic mass is 10.1. The van der Waals surface area contributed by atoms with Gasteiger partial charge in [0.1, 0.15) is 5.75 Å². The summed E-state index contributed by atoms with van der Waals surface area (Å²) in [6.07, 6.45) is 1.77. The number of nitrogens with one attached hydrogen (secondary N) is 1. The Hall–Kier alpha value is -3.60. The first-order valence-electron chi connectivity index (χ1n) is 8.68. The van der Waals surface area contributed by atoms with E-state index in [0.29, 0.717) is 11.4 Å². The number of hydrogen-bond acceptors (Lipinski definition) is 4. The Morgan fingerprint density at radius 2 is 1.70 bits per heavy atom. The van der Waals surface area contributed by atoms with Gasteiger partial charge >= 0.3 is 0 Å². The number of phenolic OH excluding ortho intramolecular Hbond substituents is 1. The van der Waals surface area contributed by atoms with Gasteiger partial charge in [0.25, 0.3) is 5.91 Å². The van der Waals surface area contributed by atoms with E-state index in [-0.39, 0.29) is 11.7 Å². The van der Waals surface area contributed by atoms with E-state index in [4.69, 9.17) is 0 Å². The van der Waals surface area contributed by atoms with E-state index < -0.39 is 0 Å². The first kappa shape index (κ1) is 16.8. The molecule has 1 aliphatic rings. The van der Waals surface area contributed by atoms with Crippen LogP contribution in [0, 0.1) is 6.92 Å². The molecule has 4 rings (SSSR count). The molecule has 0 bridgehead atoms. The Labute approximate surface area is 157 Å². The van der Waals surface area contributed by atoms with Crippen molar-refractivity contribution in [1.29, 1.82) is 0 Å². The molecule has 27 heavy (non-hydrogen) atoms. The second-order valence-electron chi connectivity index (χ2n) is 6.58. The monoisotopic (exact) mass is 357 g/mol. The van der Waals surface area contributed by atoms with Crippen molar-refractivity contribution in [2.45, 2.75) is 13.8 Å². The first-order chi connectivity index (χ1) is 13.0. The molecule has 5 heteroatoms. The number of fused-ring (bicyclic) bond motifs is 1. The molecule has 2 N–H and O–H groups in total. The Bertz CT molecular complexity index is 1100. The zero-order valence-electron chi connectivity index (χ0n) is 15.1. The first-order valence-corrected chi connectivity index (χ1v) is 8.68. The van der Waals surface area contributed by atoms with Crippen molar-refractivity contribution in [3.8, 4) is 5.75 Å². The summed E-state index contributed by atoms with van der Waals surface area (Å²) in [5.74, 6) is -0.0935. The van der Waals surface area contributed by atoms with E-state index in [9.17, 15) is 9.90 Å². The van der Waals surface area contributed by atoms with Crippen molar-refractivity contribution in [3.05, 3.63) is 78.0 Å². The van der Waals surface area contributed by atoms with Crippen molar-refractivity contribution in [3.63, 3.8) is 0 Å². The van der Waals surface area contributed by atoms with Crippen molar-refractivity contribution in [1.82, 2.24) is 0 Å². The molecule has 0 saturated carbocycles. The molecule has 0 aromatic heterocycles. The average Bonchev–Trinajstić information content (AvgIpc) is 2.96. The van der Waals surface area contributed by atoms with Gasteiger partial charge in [-0.3, -0.25) is 15.1 Å². The highest BCUT2D eigenvalue weighted by atomic mass is 16.3. The van der Waals surface area contributed by atoms with Crippen LogP contribution in [0.1, 0.15) is 12.5 Å². The van der Waals surface area contributed by atoms with Gasteiger partial charge in [0.2, 0.25) is 0 Å². The molecule has 3 aromatic rings. The minimum Gasteiger partial charge on any atom is -0.505 e. The van der Waals surface area contributed by atoms with E-state index in [2.05, 4.69) is 10.5 Å². The highest BCUT2D eigenvalue weighted by molar-refractivity contribution is 6.52. The normalized spacial score (nSPS) is 15.5. The second kappa shape index (κ2) is 6.61. The van der Waals surface area contributed by atoms with Gasteiger partial charge in [-0.25, -0.2) is 0 Å². The summed E-state index contributed by atoms with van der Waals surface area (Å²) < 4.78 is 0. The lowest BCUT2D eigenvalue weighted by Crippen LogP contribution is -2.26. The van der Waals surface area contributed by atoms with Crippen LogP contribution in [0.15, 0.2) is 77.5 Å². The predicted molar refractivity (Wildman–Crippen MR) is 109 cm³/mol. The van der Waals surface area contributed by atoms with E-state index in [1.165, 1.54) is 0 Å². The minimum atomic E-state index is -0.205. The summed E-state index contributed by atoms with van der Waals surface area (Å²) in [5, 5.41) is 16.4. The van der Waals surface area contributed by atoms with E-state index in [1.54, 1.807) is 17.2 Å². The molecule has 0 aliphatic carbocycles. The third-order valence-electron chi connectivity index (χ3n) is 4.62. The molecule has 3 aromatic carbocycles. The lowest BCUT2D eigenvalue weighted by molar-refractivity contribution is -0.111. The van der Waals surface area contributed by atoms with E-state index >= 15 is 0 Å². The molecule has 5 nitrogen and oxygen atoms in total. The minimum absolute atomic E-state index is 0.111. The van der Waals surface area contributed by atoms with Crippen LogP contribution in [0.3, 0.4) is 0 Å². The number of aryl methyl sites for hydroxylation is 1. The number of amides is 1. The molecule has 1 amide bonds. The smallest absolute Gasteiger partial charge is 0.283 e. The fourth-order valence-corrected chi connectivity index (χ4v) is 3.09. The summed E-state index contributed by atoms with van der Waals surface area (Å²) in [4.78, 5) is 14.3. The van der Waals surface area contributed by atoms with Gasteiger partial charge in [0.05, 0.1) is 5.69 Å². The number of carbonyl (C=O) groups is 1. The summed E-state index contributed by atoms with van der Waals surface area (Å²) >= 11 is 0. The number of benzene rings is 3. The number of anilines is 2. The molecule has 0 atom stereocenters. The molecular formula is C22H19N3O2. The molecule has 0 fully saturated rings. The second-order valence-corrected chi connectivity index (χ2v) is 6.58. The molecule has 0 radical (unpaired) electrons. The Morgan fingerprint density at radius 3 is 2.48 bits per heavy atom. The average molecular weight is 357 g/mol. The van der Waals surface area contributed by atoms with Crippen molar-refractivity contribution in [2.75, 3.05) is 10.3 Å². The standard InChI is InChI=1S/C22H19N3O2/c1-14-7-10-17(11-8-14)25-13-15(2)20(22(25)27)24-23-19-12-9-16-5-3-4-6-18(16)21(19)26/h3-13,23,26H,1-2H3/b24-20-. The Morgan fingerprint density at radius 1 is 0.963 bits per heavy atom. The maximum Gasteiger partial charge on any atom is 0.283 e. The molecule has 0 unspecified atom stereocenters. The fraction of sp³-hybridized carbons (Fsp3) is 0.0909. The maximum absolute atomic E-state index is 12.8. The van der Waals surface area contributed by atoms with Crippen molar-refractivity contribution >= 4 is 33.8 Å². The van der Waals surface area contributed by atoms with Crippen LogP contribution in [0.25, 0.3) is 10.8 Å². The number of phenols is 1. The molecule has 1 aliphatic heterocycles. The number of hydrogen-bond donors (Lipinski definition) is 2. The molecule has 0 spiro atoms. The number of hydrazone groups is 1. The number of nitrogens with zero attached hydrogens (tertiary/aromatic N) is 2. The zero-order chi connectivity index (χ0) is 19.0. The van der Waals surface area contributed by atoms with Crippen LogP contribution in [0.5, 0.6) is 5.75 Å². The van der Waals surface area contributed by atoms with E-state index in [0.717, 1.165) is 27.6 Å². The van der Waals surface area contributed by atoms with Crippen LogP contribution >= 0.6 is 0 Å². The van der Waals surface area contributed by atoms with Crippen molar-refractivity contribution < 1.29 is 9.90 Å². The Kier molecular flexibility index (Phi) is 4.12. The molecule has 1 heterocycles. The molecule has 134 valence electrons. The van der Waals surface area contributed by atoms with Gasteiger partial charge in [0.15, 0.2) is 5.71 Å². The number of aromatic hydroxyl groups is 1. The van der Waals surface area contributed by atoms with Crippen LogP contribution in [-0.2, 0) is 4.79 Å². The summed E-state index contributed by atoms with van der Waals surface area (Å²) in [6, 6.07) is 18.9. The summed E-state index contributed by atoms with van der Waals surface area (Å²) in [7, 11) is 0. The quantitative estimate of drug-likeness (QED) is 0.533. The van der Waals surface area contributed by atoms with Gasteiger partial charge in [-0.2, -0.15) is 5.10 Å². The molecule has 0 saturated heterocycles. The van der Waals surface area contributed by atoms with Crippen LogP contribution in [0.4, 0.5) is 11.4 Å². The van der Waals surface area contributed by atoms with Gasteiger partial charge in [-0.05, 0) is 43.0 Å². The van der Waals surface area contributed by atoms with Gasteiger partial charge in [-0.15, -0.1) is 0 Å². The van der Waals surface area contributed by atoms with Crippen LogP contribution < -0.4 is 10.3 Å². The predicted octanol–water partition coefficient (Wildman–Crippen LogP) is 4.57. The SMILES string of the molecule is CC1=CN(c2ccc(C)cc2)C(=O)/C1=N\Nc1ccc2ccccc2c1O. The third kappa shape index (κ3) is 3.04. The lowest BCUT2D eigenvalue weighted by Gasteiger charge is -2.13. The van der Waals surface area contributed by atoms with Crippen molar-refractivity contribution in [2.24, 2.45) is 5.10 Å².